The quantitative estimate of drug-likeness (QED) is 0.350. The molecular weight excluding hydrogens is 195 g/mol. The van der Waals surface area contributed by atoms with Crippen LogP contribution < -0.4 is 0 Å². The van der Waals surface area contributed by atoms with Gasteiger partial charge in [0.15, 0.2) is 0 Å². The van der Waals surface area contributed by atoms with E-state index in [2.05, 4.69) is 13.0 Å². The summed E-state index contributed by atoms with van der Waals surface area (Å²) in [5.41, 5.74) is 1.47. The summed E-state index contributed by atoms with van der Waals surface area (Å²) in [7, 11) is -1.15. The van der Waals surface area contributed by atoms with Gasteiger partial charge in [-0.05, 0) is 32.1 Å². The molecule has 0 aliphatic heterocycles. The Labute approximate surface area is 78.6 Å². The summed E-state index contributed by atoms with van der Waals surface area (Å²) in [6.45, 7) is 2.19. The zero-order chi connectivity index (χ0) is 8.06. The molecular formula is C8H11Cl2Si. The van der Waals surface area contributed by atoms with Gasteiger partial charge in [-0.15, -0.1) is 22.2 Å². The van der Waals surface area contributed by atoms with Crippen LogP contribution in [0.15, 0.2) is 11.6 Å². The van der Waals surface area contributed by atoms with Gasteiger partial charge in [-0.25, -0.2) is 0 Å². The van der Waals surface area contributed by atoms with E-state index in [4.69, 9.17) is 22.2 Å². The Balaban J connectivity index is 2.33. The van der Waals surface area contributed by atoms with Crippen LogP contribution in [0.2, 0.25) is 5.04 Å². The highest BCUT2D eigenvalue weighted by Gasteiger charge is 2.50. The second-order valence-electron chi connectivity index (χ2n) is 3.70. The minimum Gasteiger partial charge on any atom is -0.146 e. The van der Waals surface area contributed by atoms with Crippen LogP contribution in [0.25, 0.3) is 0 Å². The Bertz CT molecular complexity index is 212. The number of allylic oxidation sites excluding steroid dienone is 2. The topological polar surface area (TPSA) is 0 Å². The van der Waals surface area contributed by atoms with Gasteiger partial charge in [-0.2, -0.15) is 0 Å². The van der Waals surface area contributed by atoms with Crippen molar-refractivity contribution in [3.8, 4) is 0 Å². The number of fused-ring (bicyclic) bond motifs is 2. The molecule has 0 aromatic heterocycles. The van der Waals surface area contributed by atoms with Crippen LogP contribution in [0.1, 0.15) is 26.2 Å². The minimum atomic E-state index is -1.15. The molecule has 2 bridgehead atoms. The van der Waals surface area contributed by atoms with Crippen LogP contribution in [0.4, 0.5) is 0 Å². The highest BCUT2D eigenvalue weighted by Crippen LogP contribution is 2.62. The van der Waals surface area contributed by atoms with Crippen LogP contribution in [0.3, 0.4) is 0 Å². The Hall–Kier alpha value is 0.537. The van der Waals surface area contributed by atoms with Gasteiger partial charge in [0.2, 0.25) is 0 Å². The second kappa shape index (κ2) is 2.51. The van der Waals surface area contributed by atoms with Crippen molar-refractivity contribution in [3.05, 3.63) is 11.6 Å². The van der Waals surface area contributed by atoms with Crippen LogP contribution in [-0.2, 0) is 0 Å². The number of rotatable bonds is 1. The summed E-state index contributed by atoms with van der Waals surface area (Å²) in [4.78, 5) is 0. The summed E-state index contributed by atoms with van der Waals surface area (Å²) in [6, 6.07) is 0. The summed E-state index contributed by atoms with van der Waals surface area (Å²) < 4.78 is 0. The van der Waals surface area contributed by atoms with E-state index in [-0.39, 0.29) is 5.04 Å². The van der Waals surface area contributed by atoms with E-state index in [1.807, 2.05) is 0 Å². The van der Waals surface area contributed by atoms with Gasteiger partial charge in [0.05, 0.1) is 0 Å². The maximum absolute atomic E-state index is 6.09. The fourth-order valence-electron chi connectivity index (χ4n) is 2.42. The summed E-state index contributed by atoms with van der Waals surface area (Å²) >= 11 is 12.2. The smallest absolute Gasteiger partial charge is 0.146 e. The van der Waals surface area contributed by atoms with Crippen molar-refractivity contribution in [2.45, 2.75) is 31.2 Å². The molecule has 2 aliphatic rings. The Kier molecular flexibility index (Phi) is 1.86. The second-order valence-corrected chi connectivity index (χ2v) is 8.02. The summed E-state index contributed by atoms with van der Waals surface area (Å²) in [5.74, 6) is 0.799. The monoisotopic (exact) mass is 205 g/mol. The molecule has 0 aromatic carbocycles. The third-order valence-corrected chi connectivity index (χ3v) is 6.90. The van der Waals surface area contributed by atoms with Crippen LogP contribution in [0, 0.1) is 5.92 Å². The van der Waals surface area contributed by atoms with Gasteiger partial charge in [0.25, 0.3) is 7.42 Å². The average molecular weight is 206 g/mol. The molecule has 0 N–H and O–H groups in total. The lowest BCUT2D eigenvalue weighted by Crippen LogP contribution is -2.20. The molecule has 2 aliphatic carbocycles. The first kappa shape index (κ1) is 8.15. The average Bonchev–Trinajstić information content (AvgIpc) is 2.43. The zero-order valence-corrected chi connectivity index (χ0v) is 9.04. The minimum absolute atomic E-state index is 0.262. The standard InChI is InChI=1S/C8H11Cl2Si/c1-6-4-7-2-3-8(6,5-7)11(9)10/h4,7H,2-3,5H2,1H3. The SMILES string of the molecule is CC1=CC2CCC1([Si](Cl)Cl)C2. The van der Waals surface area contributed by atoms with E-state index >= 15 is 0 Å². The molecule has 0 amide bonds. The lowest BCUT2D eigenvalue weighted by molar-refractivity contribution is 0.678. The maximum Gasteiger partial charge on any atom is 0.284 e. The third-order valence-electron chi connectivity index (χ3n) is 3.15. The largest absolute Gasteiger partial charge is 0.284 e. The van der Waals surface area contributed by atoms with Gasteiger partial charge in [0.1, 0.15) is 0 Å². The van der Waals surface area contributed by atoms with Crippen molar-refractivity contribution in [1.29, 1.82) is 0 Å². The lowest BCUT2D eigenvalue weighted by Gasteiger charge is -2.27. The molecule has 3 heteroatoms. The molecule has 1 saturated carbocycles. The van der Waals surface area contributed by atoms with E-state index in [0.29, 0.717) is 0 Å². The maximum atomic E-state index is 6.09. The van der Waals surface area contributed by atoms with Gasteiger partial charge < -0.3 is 0 Å². The Morgan fingerprint density at radius 1 is 1.64 bits per heavy atom. The highest BCUT2D eigenvalue weighted by molar-refractivity contribution is 7.35. The van der Waals surface area contributed by atoms with E-state index in [9.17, 15) is 0 Å². The molecule has 0 aromatic rings. The van der Waals surface area contributed by atoms with Gasteiger partial charge in [-0.3, -0.25) is 0 Å². The number of hydrogen-bond donors (Lipinski definition) is 0. The molecule has 2 rings (SSSR count). The van der Waals surface area contributed by atoms with Crippen molar-refractivity contribution in [2.75, 3.05) is 0 Å². The zero-order valence-electron chi connectivity index (χ0n) is 6.53. The van der Waals surface area contributed by atoms with E-state index in [1.54, 1.807) is 0 Å². The predicted molar refractivity (Wildman–Crippen MR) is 51.3 cm³/mol. The summed E-state index contributed by atoms with van der Waals surface area (Å²) in [5, 5.41) is 0.262. The van der Waals surface area contributed by atoms with Gasteiger partial charge in [0, 0.05) is 5.04 Å². The molecule has 1 radical (unpaired) electrons. The molecule has 0 heterocycles. The first-order valence-electron chi connectivity index (χ1n) is 4.02. The molecule has 11 heavy (non-hydrogen) atoms. The van der Waals surface area contributed by atoms with Gasteiger partial charge in [-0.1, -0.05) is 11.6 Å². The van der Waals surface area contributed by atoms with Crippen molar-refractivity contribution >= 4 is 29.6 Å². The molecule has 0 spiro atoms. The Morgan fingerprint density at radius 2 is 2.36 bits per heavy atom. The van der Waals surface area contributed by atoms with Gasteiger partial charge >= 0.3 is 0 Å². The fraction of sp³-hybridized carbons (Fsp3) is 0.750. The number of hydrogen-bond acceptors (Lipinski definition) is 0. The van der Waals surface area contributed by atoms with Crippen LogP contribution in [0.5, 0.6) is 0 Å². The molecule has 1 fully saturated rings. The van der Waals surface area contributed by atoms with E-state index in [1.165, 1.54) is 24.8 Å². The number of halogens is 2. The lowest BCUT2D eigenvalue weighted by atomic mass is 9.99. The molecule has 0 saturated heterocycles. The van der Waals surface area contributed by atoms with Crippen molar-refractivity contribution in [1.82, 2.24) is 0 Å². The van der Waals surface area contributed by atoms with Crippen molar-refractivity contribution in [2.24, 2.45) is 5.92 Å². The van der Waals surface area contributed by atoms with Crippen molar-refractivity contribution in [3.63, 3.8) is 0 Å². The molecule has 2 unspecified atom stereocenters. The first-order chi connectivity index (χ1) is 5.15. The van der Waals surface area contributed by atoms with Crippen LogP contribution >= 0.6 is 22.2 Å². The normalized spacial score (nSPS) is 41.8. The molecule has 2 atom stereocenters. The highest BCUT2D eigenvalue weighted by atomic mass is 35.7. The third kappa shape index (κ3) is 1.01. The predicted octanol–water partition coefficient (Wildman–Crippen LogP) is 3.45. The van der Waals surface area contributed by atoms with Crippen molar-refractivity contribution < 1.29 is 0 Å². The molecule has 0 nitrogen and oxygen atoms in total. The first-order valence-corrected chi connectivity index (χ1v) is 7.55. The molecule has 61 valence electrons. The summed E-state index contributed by atoms with van der Waals surface area (Å²) in [6.07, 6.45) is 6.16. The Morgan fingerprint density at radius 3 is 2.64 bits per heavy atom. The van der Waals surface area contributed by atoms with Crippen LogP contribution in [-0.4, -0.2) is 7.42 Å². The fourth-order valence-corrected chi connectivity index (χ4v) is 5.47. The van der Waals surface area contributed by atoms with E-state index in [0.717, 1.165) is 5.92 Å². The van der Waals surface area contributed by atoms with E-state index < -0.39 is 7.42 Å².